The van der Waals surface area contributed by atoms with E-state index in [0.29, 0.717) is 0 Å². The van der Waals surface area contributed by atoms with Gasteiger partial charge in [-0.25, -0.2) is 4.79 Å². The minimum atomic E-state index is -0.924. The zero-order valence-corrected chi connectivity index (χ0v) is 11.1. The molecular formula is C16H19NO2. The molecule has 19 heavy (non-hydrogen) atoms. The van der Waals surface area contributed by atoms with Crippen molar-refractivity contribution in [1.82, 2.24) is 4.98 Å². The van der Waals surface area contributed by atoms with Crippen molar-refractivity contribution in [2.45, 2.75) is 32.6 Å². The van der Waals surface area contributed by atoms with Crippen LogP contribution in [-0.4, -0.2) is 16.1 Å². The molecule has 2 N–H and O–H groups in total. The molecule has 0 amide bonds. The lowest BCUT2D eigenvalue weighted by Gasteiger charge is -2.04. The first-order valence-corrected chi connectivity index (χ1v) is 6.72. The number of carbonyl (C=O) groups is 1. The summed E-state index contributed by atoms with van der Waals surface area (Å²) in [6.45, 7) is 2.20. The fraction of sp³-hybridized carbons (Fsp3) is 0.312. The van der Waals surface area contributed by atoms with Gasteiger partial charge >= 0.3 is 5.97 Å². The molecule has 0 aliphatic rings. The van der Waals surface area contributed by atoms with Gasteiger partial charge in [0.2, 0.25) is 0 Å². The van der Waals surface area contributed by atoms with E-state index in [-0.39, 0.29) is 5.69 Å². The maximum Gasteiger partial charge on any atom is 0.352 e. The average molecular weight is 257 g/mol. The van der Waals surface area contributed by atoms with Gasteiger partial charge < -0.3 is 10.1 Å². The number of unbranched alkanes of at least 4 members (excludes halogenated alkanes) is 2. The predicted octanol–water partition coefficient (Wildman–Crippen LogP) is 4.11. The van der Waals surface area contributed by atoms with Crippen LogP contribution in [-0.2, 0) is 6.42 Å². The first kappa shape index (κ1) is 13.4. The number of hydrogen-bond donors (Lipinski definition) is 2. The number of aromatic carboxylic acids is 1. The first-order valence-electron chi connectivity index (χ1n) is 6.72. The molecule has 0 spiro atoms. The van der Waals surface area contributed by atoms with Crippen LogP contribution in [0.5, 0.6) is 0 Å². The van der Waals surface area contributed by atoms with Crippen molar-refractivity contribution in [3.05, 3.63) is 47.8 Å². The molecule has 0 saturated carbocycles. The lowest BCUT2D eigenvalue weighted by Crippen LogP contribution is -1.98. The summed E-state index contributed by atoms with van der Waals surface area (Å²) in [6.07, 6.45) is 6.44. The number of aromatic amines is 1. The Morgan fingerprint density at radius 3 is 2.53 bits per heavy atom. The molecule has 2 rings (SSSR count). The van der Waals surface area contributed by atoms with Crippen molar-refractivity contribution in [3.63, 3.8) is 0 Å². The fourth-order valence-electron chi connectivity index (χ4n) is 2.22. The van der Waals surface area contributed by atoms with Gasteiger partial charge in [0.1, 0.15) is 5.69 Å². The van der Waals surface area contributed by atoms with Crippen molar-refractivity contribution < 1.29 is 9.90 Å². The van der Waals surface area contributed by atoms with Crippen molar-refractivity contribution >= 4 is 5.97 Å². The molecule has 0 fully saturated rings. The van der Waals surface area contributed by atoms with E-state index in [9.17, 15) is 4.79 Å². The van der Waals surface area contributed by atoms with Crippen LogP contribution in [0.15, 0.2) is 36.5 Å². The van der Waals surface area contributed by atoms with Crippen LogP contribution in [0.3, 0.4) is 0 Å². The van der Waals surface area contributed by atoms with Crippen molar-refractivity contribution in [2.24, 2.45) is 0 Å². The summed E-state index contributed by atoms with van der Waals surface area (Å²) in [5.41, 5.74) is 3.24. The molecule has 0 radical (unpaired) electrons. The largest absolute Gasteiger partial charge is 0.477 e. The minimum Gasteiger partial charge on any atom is -0.477 e. The van der Waals surface area contributed by atoms with Crippen LogP contribution in [0.1, 0.15) is 42.2 Å². The minimum absolute atomic E-state index is 0.249. The summed E-state index contributed by atoms with van der Waals surface area (Å²) in [6, 6.07) is 9.97. The Morgan fingerprint density at radius 1 is 1.16 bits per heavy atom. The first-order chi connectivity index (χ1) is 9.22. The molecular weight excluding hydrogens is 238 g/mol. The van der Waals surface area contributed by atoms with E-state index in [1.54, 1.807) is 12.3 Å². The third kappa shape index (κ3) is 3.25. The Bertz CT molecular complexity index is 540. The van der Waals surface area contributed by atoms with E-state index in [1.807, 2.05) is 12.1 Å². The number of aromatic nitrogens is 1. The third-order valence-corrected chi connectivity index (χ3v) is 3.29. The normalized spacial score (nSPS) is 10.6. The smallest absolute Gasteiger partial charge is 0.352 e. The number of carboxylic acid groups (broad SMARTS) is 1. The molecule has 1 aromatic carbocycles. The van der Waals surface area contributed by atoms with Crippen LogP contribution in [0.2, 0.25) is 0 Å². The number of carboxylic acids is 1. The van der Waals surface area contributed by atoms with E-state index < -0.39 is 5.97 Å². The molecule has 1 aromatic heterocycles. The molecule has 1 heterocycles. The second kappa shape index (κ2) is 6.23. The Hall–Kier alpha value is -2.03. The van der Waals surface area contributed by atoms with Crippen LogP contribution < -0.4 is 0 Å². The van der Waals surface area contributed by atoms with Gasteiger partial charge in [0, 0.05) is 11.8 Å². The summed E-state index contributed by atoms with van der Waals surface area (Å²) in [4.78, 5) is 13.8. The summed E-state index contributed by atoms with van der Waals surface area (Å²) < 4.78 is 0. The topological polar surface area (TPSA) is 53.1 Å². The van der Waals surface area contributed by atoms with Gasteiger partial charge in [-0.3, -0.25) is 0 Å². The molecule has 0 bridgehead atoms. The SMILES string of the molecule is CCCCCc1ccc(-c2cc[nH]c2C(=O)O)cc1. The molecule has 0 unspecified atom stereocenters. The maximum absolute atomic E-state index is 11.1. The number of benzene rings is 1. The van der Waals surface area contributed by atoms with Crippen molar-refractivity contribution in [3.8, 4) is 11.1 Å². The Morgan fingerprint density at radius 2 is 1.89 bits per heavy atom. The van der Waals surface area contributed by atoms with Gasteiger partial charge in [0.15, 0.2) is 0 Å². The second-order valence-corrected chi connectivity index (χ2v) is 4.73. The highest BCUT2D eigenvalue weighted by atomic mass is 16.4. The molecule has 0 aliphatic carbocycles. The van der Waals surface area contributed by atoms with E-state index >= 15 is 0 Å². The summed E-state index contributed by atoms with van der Waals surface area (Å²) >= 11 is 0. The van der Waals surface area contributed by atoms with Gasteiger partial charge in [-0.1, -0.05) is 44.0 Å². The van der Waals surface area contributed by atoms with E-state index in [1.165, 1.54) is 24.8 Å². The summed E-state index contributed by atoms with van der Waals surface area (Å²) in [5, 5.41) is 9.08. The molecule has 0 atom stereocenters. The van der Waals surface area contributed by atoms with Gasteiger partial charge in [0.05, 0.1) is 0 Å². The second-order valence-electron chi connectivity index (χ2n) is 4.73. The zero-order valence-electron chi connectivity index (χ0n) is 11.1. The highest BCUT2D eigenvalue weighted by Gasteiger charge is 2.12. The van der Waals surface area contributed by atoms with Crippen LogP contribution in [0, 0.1) is 0 Å². The van der Waals surface area contributed by atoms with E-state index in [4.69, 9.17) is 5.11 Å². The summed E-state index contributed by atoms with van der Waals surface area (Å²) in [7, 11) is 0. The highest BCUT2D eigenvalue weighted by molar-refractivity contribution is 5.94. The molecule has 3 heteroatoms. The highest BCUT2D eigenvalue weighted by Crippen LogP contribution is 2.23. The molecule has 0 aliphatic heterocycles. The van der Waals surface area contributed by atoms with Gasteiger partial charge in [0.25, 0.3) is 0 Å². The molecule has 2 aromatic rings. The average Bonchev–Trinajstić information content (AvgIpc) is 2.89. The Balaban J connectivity index is 2.13. The number of nitrogens with one attached hydrogen (secondary N) is 1. The number of hydrogen-bond acceptors (Lipinski definition) is 1. The van der Waals surface area contributed by atoms with Crippen LogP contribution in [0.4, 0.5) is 0 Å². The van der Waals surface area contributed by atoms with Crippen molar-refractivity contribution in [1.29, 1.82) is 0 Å². The standard InChI is InChI=1S/C16H19NO2/c1-2-3-4-5-12-6-8-13(9-7-12)14-10-11-17-15(14)16(18)19/h6-11,17H,2-5H2,1H3,(H,18,19). The monoisotopic (exact) mass is 257 g/mol. The van der Waals surface area contributed by atoms with Crippen LogP contribution >= 0.6 is 0 Å². The van der Waals surface area contributed by atoms with Gasteiger partial charge in [-0.2, -0.15) is 0 Å². The number of H-pyrrole nitrogens is 1. The summed E-state index contributed by atoms with van der Waals surface area (Å²) in [5.74, 6) is -0.924. The molecule has 3 nitrogen and oxygen atoms in total. The van der Waals surface area contributed by atoms with Gasteiger partial charge in [-0.05, 0) is 30.0 Å². The van der Waals surface area contributed by atoms with Gasteiger partial charge in [-0.15, -0.1) is 0 Å². The number of rotatable bonds is 6. The van der Waals surface area contributed by atoms with E-state index in [2.05, 4.69) is 24.0 Å². The lowest BCUT2D eigenvalue weighted by atomic mass is 10.0. The Kier molecular flexibility index (Phi) is 4.39. The maximum atomic E-state index is 11.1. The third-order valence-electron chi connectivity index (χ3n) is 3.29. The van der Waals surface area contributed by atoms with Crippen molar-refractivity contribution in [2.75, 3.05) is 0 Å². The number of aryl methyl sites for hydroxylation is 1. The van der Waals surface area contributed by atoms with E-state index in [0.717, 1.165) is 17.5 Å². The molecule has 0 saturated heterocycles. The fourth-order valence-corrected chi connectivity index (χ4v) is 2.22. The Labute approximate surface area is 113 Å². The lowest BCUT2D eigenvalue weighted by molar-refractivity contribution is 0.0692. The zero-order chi connectivity index (χ0) is 13.7. The molecule has 100 valence electrons. The van der Waals surface area contributed by atoms with Crippen LogP contribution in [0.25, 0.3) is 11.1 Å². The quantitative estimate of drug-likeness (QED) is 0.765. The predicted molar refractivity (Wildman–Crippen MR) is 76.4 cm³/mol.